The predicted molar refractivity (Wildman–Crippen MR) is 108 cm³/mol. The highest BCUT2D eigenvalue weighted by Crippen LogP contribution is 2.35. The molecule has 0 spiro atoms. The van der Waals surface area contributed by atoms with E-state index in [-0.39, 0.29) is 5.56 Å². The van der Waals surface area contributed by atoms with Crippen LogP contribution in [0.25, 0.3) is 10.2 Å². The molecule has 0 fully saturated rings. The Kier molecular flexibility index (Phi) is 5.30. The number of hydrogen-bond acceptors (Lipinski definition) is 6. The van der Waals surface area contributed by atoms with E-state index in [1.165, 1.54) is 22.2 Å². The molecule has 3 aromatic rings. The van der Waals surface area contributed by atoms with Gasteiger partial charge in [0, 0.05) is 17.7 Å². The second kappa shape index (κ2) is 7.85. The molecule has 0 saturated carbocycles. The minimum absolute atomic E-state index is 0.0460. The molecule has 1 aromatic carbocycles. The molecular weight excluding hydrogens is 378 g/mol. The first-order chi connectivity index (χ1) is 13.2. The number of hydrogen-bond donors (Lipinski definition) is 0. The van der Waals surface area contributed by atoms with E-state index < -0.39 is 0 Å². The van der Waals surface area contributed by atoms with Crippen LogP contribution in [0.5, 0.6) is 0 Å². The van der Waals surface area contributed by atoms with E-state index in [0.717, 1.165) is 35.0 Å². The number of nitrogens with zero attached hydrogens (tertiary/aromatic N) is 3. The first-order valence-corrected chi connectivity index (χ1v) is 10.7. The molecule has 0 radical (unpaired) electrons. The average molecular weight is 398 g/mol. The number of nitriles is 1. The first kappa shape index (κ1) is 18.2. The van der Waals surface area contributed by atoms with Crippen LogP contribution >= 0.6 is 23.1 Å². The highest BCUT2D eigenvalue weighted by molar-refractivity contribution is 7.98. The zero-order chi connectivity index (χ0) is 18.8. The number of ether oxygens (including phenoxy) is 1. The molecule has 0 amide bonds. The van der Waals surface area contributed by atoms with Crippen LogP contribution in [-0.2, 0) is 29.9 Å². The number of fused-ring (bicyclic) bond motifs is 3. The Morgan fingerprint density at radius 1 is 1.41 bits per heavy atom. The molecule has 0 N–H and O–H groups in total. The second-order valence-electron chi connectivity index (χ2n) is 6.48. The van der Waals surface area contributed by atoms with Gasteiger partial charge in [-0.2, -0.15) is 5.26 Å². The number of thioether (sulfide) groups is 1. The second-order valence-corrected chi connectivity index (χ2v) is 8.51. The number of rotatable bonds is 6. The Hall–Kier alpha value is -2.14. The van der Waals surface area contributed by atoms with Crippen molar-refractivity contribution in [3.05, 3.63) is 56.2 Å². The summed E-state index contributed by atoms with van der Waals surface area (Å²) >= 11 is 3.20. The zero-order valence-electron chi connectivity index (χ0n) is 15.0. The third-order valence-electron chi connectivity index (χ3n) is 4.73. The van der Waals surface area contributed by atoms with Gasteiger partial charge in [0.15, 0.2) is 5.16 Å². The van der Waals surface area contributed by atoms with Gasteiger partial charge in [-0.25, -0.2) is 4.98 Å². The lowest BCUT2D eigenvalue weighted by Crippen LogP contribution is -2.25. The van der Waals surface area contributed by atoms with Crippen LogP contribution in [0, 0.1) is 11.3 Å². The summed E-state index contributed by atoms with van der Waals surface area (Å²) in [5, 5.41) is 10.6. The van der Waals surface area contributed by atoms with Crippen molar-refractivity contribution in [2.24, 2.45) is 0 Å². The van der Waals surface area contributed by atoms with Gasteiger partial charge >= 0.3 is 0 Å². The minimum Gasteiger partial charge on any atom is -0.383 e. The molecule has 27 heavy (non-hydrogen) atoms. The average Bonchev–Trinajstić information content (AvgIpc) is 3.26. The molecule has 0 atom stereocenters. The molecule has 7 heteroatoms. The van der Waals surface area contributed by atoms with Crippen LogP contribution < -0.4 is 5.56 Å². The van der Waals surface area contributed by atoms with Gasteiger partial charge in [0.2, 0.25) is 0 Å². The van der Waals surface area contributed by atoms with Crippen molar-refractivity contribution in [3.8, 4) is 6.07 Å². The fourth-order valence-corrected chi connectivity index (χ4v) is 5.70. The van der Waals surface area contributed by atoms with Gasteiger partial charge in [-0.15, -0.1) is 11.3 Å². The molecule has 5 nitrogen and oxygen atoms in total. The van der Waals surface area contributed by atoms with Gasteiger partial charge in [-0.05, 0) is 42.5 Å². The molecule has 138 valence electrons. The number of aromatic nitrogens is 2. The lowest BCUT2D eigenvalue weighted by molar-refractivity contribution is 0.183. The van der Waals surface area contributed by atoms with Crippen molar-refractivity contribution in [1.29, 1.82) is 5.26 Å². The van der Waals surface area contributed by atoms with E-state index in [9.17, 15) is 4.79 Å². The van der Waals surface area contributed by atoms with Gasteiger partial charge < -0.3 is 4.74 Å². The maximum atomic E-state index is 13.2. The Labute approximate surface area is 165 Å². The van der Waals surface area contributed by atoms with Crippen molar-refractivity contribution in [3.63, 3.8) is 0 Å². The molecular formula is C20H19N3O2S2. The van der Waals surface area contributed by atoms with E-state index in [2.05, 4.69) is 6.07 Å². The van der Waals surface area contributed by atoms with E-state index in [1.54, 1.807) is 29.1 Å². The summed E-state index contributed by atoms with van der Waals surface area (Å²) in [4.78, 5) is 20.2. The third kappa shape index (κ3) is 3.53. The number of aryl methyl sites for hydroxylation is 2. The lowest BCUT2D eigenvalue weighted by Gasteiger charge is -2.12. The van der Waals surface area contributed by atoms with E-state index in [4.69, 9.17) is 15.0 Å². The summed E-state index contributed by atoms with van der Waals surface area (Å²) in [5.74, 6) is 0.658. The largest absolute Gasteiger partial charge is 0.383 e. The molecule has 2 aromatic heterocycles. The summed E-state index contributed by atoms with van der Waals surface area (Å²) in [6, 6.07) is 9.71. The fraction of sp³-hybridized carbons (Fsp3) is 0.350. The molecule has 0 aliphatic heterocycles. The van der Waals surface area contributed by atoms with Crippen LogP contribution in [0.15, 0.2) is 34.2 Å². The first-order valence-electron chi connectivity index (χ1n) is 8.87. The molecule has 0 unspecified atom stereocenters. The van der Waals surface area contributed by atoms with Crippen LogP contribution in [0.1, 0.15) is 28.0 Å². The number of methoxy groups -OCH3 is 1. The molecule has 2 heterocycles. The molecule has 0 saturated heterocycles. The van der Waals surface area contributed by atoms with Gasteiger partial charge in [0.05, 0.1) is 30.2 Å². The molecule has 0 bridgehead atoms. The van der Waals surface area contributed by atoms with Crippen LogP contribution in [0.3, 0.4) is 0 Å². The highest BCUT2D eigenvalue weighted by Gasteiger charge is 2.23. The predicted octanol–water partition coefficient (Wildman–Crippen LogP) is 3.76. The van der Waals surface area contributed by atoms with Crippen molar-refractivity contribution in [2.45, 2.75) is 36.7 Å². The van der Waals surface area contributed by atoms with Gasteiger partial charge in [0.1, 0.15) is 4.83 Å². The third-order valence-corrected chi connectivity index (χ3v) is 6.97. The Bertz CT molecular complexity index is 1100. The Morgan fingerprint density at radius 2 is 2.30 bits per heavy atom. The highest BCUT2D eigenvalue weighted by atomic mass is 32.2. The van der Waals surface area contributed by atoms with Crippen LogP contribution in [0.4, 0.5) is 0 Å². The van der Waals surface area contributed by atoms with Gasteiger partial charge in [-0.1, -0.05) is 23.9 Å². The minimum atomic E-state index is 0.0460. The van der Waals surface area contributed by atoms with Crippen molar-refractivity contribution < 1.29 is 4.74 Å². The maximum absolute atomic E-state index is 13.2. The van der Waals surface area contributed by atoms with Crippen molar-refractivity contribution in [2.75, 3.05) is 13.7 Å². The molecule has 4 rings (SSSR count). The quantitative estimate of drug-likeness (QED) is 0.468. The van der Waals surface area contributed by atoms with E-state index in [1.807, 2.05) is 18.2 Å². The van der Waals surface area contributed by atoms with Crippen LogP contribution in [0.2, 0.25) is 0 Å². The number of thiophene rings is 1. The summed E-state index contributed by atoms with van der Waals surface area (Å²) in [7, 11) is 1.64. The topological polar surface area (TPSA) is 67.9 Å². The smallest absolute Gasteiger partial charge is 0.263 e. The summed E-state index contributed by atoms with van der Waals surface area (Å²) < 4.78 is 6.95. The Morgan fingerprint density at radius 3 is 3.11 bits per heavy atom. The number of benzene rings is 1. The fourth-order valence-electron chi connectivity index (χ4n) is 3.43. The monoisotopic (exact) mass is 397 g/mol. The normalized spacial score (nSPS) is 13.0. The Balaban J connectivity index is 1.72. The van der Waals surface area contributed by atoms with E-state index in [0.29, 0.717) is 29.6 Å². The molecule has 1 aliphatic carbocycles. The van der Waals surface area contributed by atoms with Crippen LogP contribution in [-0.4, -0.2) is 23.3 Å². The van der Waals surface area contributed by atoms with Gasteiger partial charge in [-0.3, -0.25) is 9.36 Å². The van der Waals surface area contributed by atoms with Crippen molar-refractivity contribution in [1.82, 2.24) is 9.55 Å². The molecule has 1 aliphatic rings. The zero-order valence-corrected chi connectivity index (χ0v) is 16.7. The summed E-state index contributed by atoms with van der Waals surface area (Å²) in [6.07, 6.45) is 3.15. The SMILES string of the molecule is COCCn1c(SCc2cccc(C#N)c2)nc2sc3c(c2c1=O)CCC3. The maximum Gasteiger partial charge on any atom is 0.263 e. The van der Waals surface area contributed by atoms with Crippen molar-refractivity contribution >= 4 is 33.3 Å². The summed E-state index contributed by atoms with van der Waals surface area (Å²) in [6.45, 7) is 0.959. The summed E-state index contributed by atoms with van der Waals surface area (Å²) in [5.41, 5.74) is 2.94. The van der Waals surface area contributed by atoms with E-state index >= 15 is 0 Å². The lowest BCUT2D eigenvalue weighted by atomic mass is 10.2. The van der Waals surface area contributed by atoms with Gasteiger partial charge in [0.25, 0.3) is 5.56 Å². The standard InChI is InChI=1S/C20H19N3O2S2/c1-25-9-8-23-19(24)17-15-6-3-7-16(15)27-18(17)22-20(23)26-12-14-5-2-4-13(10-14)11-21/h2,4-5,10H,3,6-9,12H2,1H3.